The van der Waals surface area contributed by atoms with Gasteiger partial charge in [-0.3, -0.25) is 4.98 Å². The molecule has 0 spiro atoms. The van der Waals surface area contributed by atoms with Crippen molar-refractivity contribution in [1.29, 1.82) is 0 Å². The SMILES string of the molecule is COc1ccnc(CCc2nc3cc(-c4ccc(S(=O)(=O)NC5CC5)cc4)cnc3[nH]2)c1. The molecule has 0 aliphatic heterocycles. The average molecular weight is 450 g/mol. The van der Waals surface area contributed by atoms with Crippen LogP contribution >= 0.6 is 0 Å². The first-order valence-corrected chi connectivity index (χ1v) is 11.9. The topological polar surface area (TPSA) is 110 Å². The maximum absolute atomic E-state index is 12.4. The van der Waals surface area contributed by atoms with E-state index in [2.05, 4.69) is 24.7 Å². The van der Waals surface area contributed by atoms with Crippen molar-refractivity contribution in [3.63, 3.8) is 0 Å². The lowest BCUT2D eigenvalue weighted by Crippen LogP contribution is -2.25. The number of benzene rings is 1. The highest BCUT2D eigenvalue weighted by atomic mass is 32.2. The second-order valence-electron chi connectivity index (χ2n) is 7.88. The van der Waals surface area contributed by atoms with Gasteiger partial charge in [0, 0.05) is 42.2 Å². The van der Waals surface area contributed by atoms with Crippen LogP contribution in [0.3, 0.4) is 0 Å². The molecule has 4 aromatic rings. The molecule has 0 radical (unpaired) electrons. The Kier molecular flexibility index (Phi) is 5.36. The Morgan fingerprint density at radius 1 is 1.06 bits per heavy atom. The second kappa shape index (κ2) is 8.33. The highest BCUT2D eigenvalue weighted by Crippen LogP contribution is 2.25. The van der Waals surface area contributed by atoms with E-state index in [9.17, 15) is 8.42 Å². The van der Waals surface area contributed by atoms with Gasteiger partial charge in [-0.05, 0) is 49.1 Å². The number of methoxy groups -OCH3 is 1. The molecule has 0 saturated heterocycles. The van der Waals surface area contributed by atoms with Gasteiger partial charge in [-0.15, -0.1) is 0 Å². The molecule has 0 amide bonds. The summed E-state index contributed by atoms with van der Waals surface area (Å²) < 4.78 is 32.7. The van der Waals surface area contributed by atoms with E-state index >= 15 is 0 Å². The molecule has 3 aromatic heterocycles. The van der Waals surface area contributed by atoms with E-state index in [-0.39, 0.29) is 10.9 Å². The third kappa shape index (κ3) is 4.49. The maximum atomic E-state index is 12.4. The zero-order chi connectivity index (χ0) is 22.1. The smallest absolute Gasteiger partial charge is 0.240 e. The molecular formula is C23H23N5O3S. The molecule has 0 unspecified atom stereocenters. The Balaban J connectivity index is 1.32. The van der Waals surface area contributed by atoms with Crippen LogP contribution in [0.2, 0.25) is 0 Å². The van der Waals surface area contributed by atoms with Crippen LogP contribution in [0.15, 0.2) is 59.8 Å². The maximum Gasteiger partial charge on any atom is 0.240 e. The number of hydrogen-bond donors (Lipinski definition) is 2. The summed E-state index contributed by atoms with van der Waals surface area (Å²) in [5.41, 5.74) is 4.18. The van der Waals surface area contributed by atoms with Crippen molar-refractivity contribution in [1.82, 2.24) is 24.7 Å². The first kappa shape index (κ1) is 20.6. The van der Waals surface area contributed by atoms with Crippen LogP contribution in [0.4, 0.5) is 0 Å². The summed E-state index contributed by atoms with van der Waals surface area (Å²) in [6.07, 6.45) is 6.75. The van der Waals surface area contributed by atoms with Crippen LogP contribution in [0, 0.1) is 0 Å². The first-order chi connectivity index (χ1) is 15.5. The Morgan fingerprint density at radius 2 is 1.88 bits per heavy atom. The third-order valence-electron chi connectivity index (χ3n) is 5.42. The van der Waals surface area contributed by atoms with Gasteiger partial charge in [-0.1, -0.05) is 12.1 Å². The molecule has 3 heterocycles. The number of H-pyrrole nitrogens is 1. The number of nitrogens with zero attached hydrogens (tertiary/aromatic N) is 3. The molecule has 9 heteroatoms. The van der Waals surface area contributed by atoms with Crippen molar-refractivity contribution in [3.8, 4) is 16.9 Å². The lowest BCUT2D eigenvalue weighted by atomic mass is 10.1. The number of aryl methyl sites for hydroxylation is 2. The van der Waals surface area contributed by atoms with Crippen molar-refractivity contribution in [2.24, 2.45) is 0 Å². The lowest BCUT2D eigenvalue weighted by Gasteiger charge is -2.07. The number of aromatic amines is 1. The van der Waals surface area contributed by atoms with Crippen LogP contribution in [0.5, 0.6) is 5.75 Å². The Morgan fingerprint density at radius 3 is 2.62 bits per heavy atom. The van der Waals surface area contributed by atoms with Crippen molar-refractivity contribution >= 4 is 21.2 Å². The van der Waals surface area contributed by atoms with E-state index in [0.717, 1.165) is 58.8 Å². The van der Waals surface area contributed by atoms with E-state index in [4.69, 9.17) is 4.74 Å². The van der Waals surface area contributed by atoms with Gasteiger partial charge in [0.25, 0.3) is 0 Å². The molecule has 1 fully saturated rings. The van der Waals surface area contributed by atoms with Gasteiger partial charge in [0.1, 0.15) is 17.1 Å². The highest BCUT2D eigenvalue weighted by molar-refractivity contribution is 7.89. The van der Waals surface area contributed by atoms with Crippen LogP contribution in [0.1, 0.15) is 24.4 Å². The number of imidazole rings is 1. The van der Waals surface area contributed by atoms with Gasteiger partial charge in [0.05, 0.1) is 12.0 Å². The van der Waals surface area contributed by atoms with Crippen LogP contribution in [-0.4, -0.2) is 41.5 Å². The number of rotatable bonds is 8. The van der Waals surface area contributed by atoms with Crippen LogP contribution in [0.25, 0.3) is 22.3 Å². The van der Waals surface area contributed by atoms with Gasteiger partial charge in [-0.25, -0.2) is 23.1 Å². The predicted molar refractivity (Wildman–Crippen MR) is 121 cm³/mol. The zero-order valence-electron chi connectivity index (χ0n) is 17.6. The number of ether oxygens (including phenoxy) is 1. The van der Waals surface area contributed by atoms with Gasteiger partial charge in [-0.2, -0.15) is 0 Å². The monoisotopic (exact) mass is 449 g/mol. The Bertz CT molecular complexity index is 1360. The van der Waals surface area contributed by atoms with E-state index in [1.54, 1.807) is 43.8 Å². The fraction of sp³-hybridized carbons (Fsp3) is 0.261. The van der Waals surface area contributed by atoms with Gasteiger partial charge in [0.2, 0.25) is 10.0 Å². The fourth-order valence-electron chi connectivity index (χ4n) is 3.50. The summed E-state index contributed by atoms with van der Waals surface area (Å²) in [5.74, 6) is 1.62. The number of nitrogens with one attached hydrogen (secondary N) is 2. The normalized spacial score (nSPS) is 14.0. The minimum absolute atomic E-state index is 0.0832. The molecule has 32 heavy (non-hydrogen) atoms. The minimum Gasteiger partial charge on any atom is -0.497 e. The molecule has 1 aliphatic rings. The highest BCUT2D eigenvalue weighted by Gasteiger charge is 2.27. The van der Waals surface area contributed by atoms with Crippen LogP contribution < -0.4 is 9.46 Å². The molecule has 8 nitrogen and oxygen atoms in total. The molecule has 1 saturated carbocycles. The standard InChI is InChI=1S/C23H23N5O3S/c1-31-19-10-11-24-18(13-19)6-9-22-26-21-12-16(14-25-23(21)27-22)15-2-7-20(8-3-15)32(29,30)28-17-4-5-17/h2-3,7-8,10-14,17,28H,4-6,9H2,1H3,(H,25,26,27). The number of hydrogen-bond acceptors (Lipinski definition) is 6. The molecule has 164 valence electrons. The van der Waals surface area contributed by atoms with Crippen molar-refractivity contribution in [2.45, 2.75) is 36.6 Å². The Hall–Kier alpha value is -3.30. The molecule has 0 bridgehead atoms. The number of fused-ring (bicyclic) bond motifs is 1. The van der Waals surface area contributed by atoms with Gasteiger partial charge in [0.15, 0.2) is 5.65 Å². The molecule has 5 rings (SSSR count). The average Bonchev–Trinajstić information content (AvgIpc) is 3.52. The largest absolute Gasteiger partial charge is 0.497 e. The molecule has 2 N–H and O–H groups in total. The number of pyridine rings is 2. The quantitative estimate of drug-likeness (QED) is 0.427. The van der Waals surface area contributed by atoms with E-state index in [0.29, 0.717) is 6.42 Å². The molecular weight excluding hydrogens is 426 g/mol. The van der Waals surface area contributed by atoms with Gasteiger partial charge < -0.3 is 9.72 Å². The summed E-state index contributed by atoms with van der Waals surface area (Å²) in [6.45, 7) is 0. The third-order valence-corrected chi connectivity index (χ3v) is 6.96. The predicted octanol–water partition coefficient (Wildman–Crippen LogP) is 3.25. The van der Waals surface area contributed by atoms with Gasteiger partial charge >= 0.3 is 0 Å². The number of aromatic nitrogens is 4. The van der Waals surface area contributed by atoms with Crippen molar-refractivity contribution < 1.29 is 13.2 Å². The first-order valence-electron chi connectivity index (χ1n) is 10.5. The molecule has 1 aliphatic carbocycles. The summed E-state index contributed by atoms with van der Waals surface area (Å²) in [5, 5.41) is 0. The second-order valence-corrected chi connectivity index (χ2v) is 9.60. The Labute approximate surface area is 186 Å². The van der Waals surface area contributed by atoms with E-state index < -0.39 is 10.0 Å². The minimum atomic E-state index is -3.46. The summed E-state index contributed by atoms with van der Waals surface area (Å²) >= 11 is 0. The molecule has 1 aromatic carbocycles. The lowest BCUT2D eigenvalue weighted by molar-refractivity contribution is 0.413. The van der Waals surface area contributed by atoms with Crippen LogP contribution in [-0.2, 0) is 22.9 Å². The fourth-order valence-corrected chi connectivity index (χ4v) is 4.81. The molecule has 0 atom stereocenters. The summed E-state index contributed by atoms with van der Waals surface area (Å²) in [7, 11) is -1.82. The summed E-state index contributed by atoms with van der Waals surface area (Å²) in [4.78, 5) is 17.1. The zero-order valence-corrected chi connectivity index (χ0v) is 18.4. The van der Waals surface area contributed by atoms with Crippen molar-refractivity contribution in [3.05, 3.63) is 66.4 Å². The van der Waals surface area contributed by atoms with E-state index in [1.807, 2.05) is 18.2 Å². The van der Waals surface area contributed by atoms with Crippen molar-refractivity contribution in [2.75, 3.05) is 7.11 Å². The number of sulfonamides is 1. The summed E-state index contributed by atoms with van der Waals surface area (Å²) in [6, 6.07) is 12.6. The van der Waals surface area contributed by atoms with E-state index in [1.165, 1.54) is 0 Å².